The highest BCUT2D eigenvalue weighted by Crippen LogP contribution is 2.40. The van der Waals surface area contributed by atoms with E-state index in [1.54, 1.807) is 0 Å². The first-order valence-corrected chi connectivity index (χ1v) is 13.4. The molecule has 38 heavy (non-hydrogen) atoms. The van der Waals surface area contributed by atoms with E-state index in [0.29, 0.717) is 17.4 Å². The molecule has 4 heteroatoms. The Labute approximate surface area is 220 Å². The number of hydrogen-bond acceptors (Lipinski definition) is 3. The van der Waals surface area contributed by atoms with Gasteiger partial charge < -0.3 is 0 Å². The van der Waals surface area contributed by atoms with Crippen LogP contribution in [0.3, 0.4) is 0 Å². The van der Waals surface area contributed by atoms with Gasteiger partial charge in [0.2, 0.25) is 0 Å². The summed E-state index contributed by atoms with van der Waals surface area (Å²) in [6.45, 7) is 2.36. The van der Waals surface area contributed by atoms with Crippen LogP contribution >= 0.6 is 0 Å². The fraction of sp³-hybridized carbons (Fsp3) is 0.147. The fourth-order valence-electron chi connectivity index (χ4n) is 6.31. The molecule has 0 radical (unpaired) electrons. The Kier molecular flexibility index (Phi) is 4.65. The number of nitrogens with zero attached hydrogens (tertiary/aromatic N) is 4. The molecule has 4 aromatic carbocycles. The minimum atomic E-state index is 0.592. The smallest absolute Gasteiger partial charge is 0.165 e. The fourth-order valence-corrected chi connectivity index (χ4v) is 6.31. The number of hydrogen-bond donors (Lipinski definition) is 0. The van der Waals surface area contributed by atoms with E-state index in [1.165, 1.54) is 51.0 Å². The van der Waals surface area contributed by atoms with Gasteiger partial charge in [-0.25, -0.2) is 15.0 Å². The molecule has 3 heterocycles. The zero-order valence-electron chi connectivity index (χ0n) is 21.2. The minimum Gasteiger partial charge on any atom is -0.293 e. The van der Waals surface area contributed by atoms with Crippen LogP contribution < -0.4 is 0 Å². The van der Waals surface area contributed by atoms with E-state index in [0.717, 1.165) is 28.7 Å². The van der Waals surface area contributed by atoms with Crippen molar-refractivity contribution in [1.82, 2.24) is 19.5 Å². The van der Waals surface area contributed by atoms with E-state index in [9.17, 15) is 0 Å². The highest BCUT2D eigenvalue weighted by Gasteiger charge is 2.22. The van der Waals surface area contributed by atoms with E-state index in [-0.39, 0.29) is 0 Å². The molecule has 7 aromatic rings. The maximum atomic E-state index is 5.26. The van der Waals surface area contributed by atoms with Crippen molar-refractivity contribution in [3.05, 3.63) is 108 Å². The highest BCUT2D eigenvalue weighted by molar-refractivity contribution is 6.10. The molecule has 0 saturated heterocycles. The standard InChI is InChI=1S/C34H26N4/c1-21-8-6-11-24-19-31-29(20-28(21)24)26-12-4-5-14-30(26)38(31)34-27-13-7-17-35-33(27)36-32(37-34)25-16-15-22-9-2-3-10-23(22)18-25/h2-5,7,9-10,12-21H,6,8,11H2,1H3. The lowest BCUT2D eigenvalue weighted by atomic mass is 9.83. The normalized spacial score (nSPS) is 15.4. The lowest BCUT2D eigenvalue weighted by molar-refractivity contribution is 0.591. The molecule has 1 aliphatic rings. The van der Waals surface area contributed by atoms with Crippen LogP contribution in [-0.4, -0.2) is 19.5 Å². The van der Waals surface area contributed by atoms with Gasteiger partial charge in [-0.15, -0.1) is 0 Å². The van der Waals surface area contributed by atoms with Crippen molar-refractivity contribution >= 4 is 43.6 Å². The summed E-state index contributed by atoms with van der Waals surface area (Å²) >= 11 is 0. The Morgan fingerprint density at radius 1 is 0.737 bits per heavy atom. The lowest BCUT2D eigenvalue weighted by Gasteiger charge is -2.22. The van der Waals surface area contributed by atoms with E-state index in [2.05, 4.69) is 101 Å². The molecular formula is C34H26N4. The quantitative estimate of drug-likeness (QED) is 0.244. The minimum absolute atomic E-state index is 0.592. The van der Waals surface area contributed by atoms with Crippen molar-refractivity contribution in [1.29, 1.82) is 0 Å². The molecule has 0 fully saturated rings. The molecule has 0 N–H and O–H groups in total. The van der Waals surface area contributed by atoms with Crippen molar-refractivity contribution in [2.24, 2.45) is 0 Å². The average molecular weight is 491 g/mol. The molecule has 8 rings (SSSR count). The summed E-state index contributed by atoms with van der Waals surface area (Å²) < 4.78 is 2.33. The zero-order chi connectivity index (χ0) is 25.2. The summed E-state index contributed by atoms with van der Waals surface area (Å²) in [6.07, 6.45) is 5.44. The van der Waals surface area contributed by atoms with Crippen LogP contribution in [0.2, 0.25) is 0 Å². The summed E-state index contributed by atoms with van der Waals surface area (Å²) in [5.41, 5.74) is 7.02. The van der Waals surface area contributed by atoms with E-state index in [4.69, 9.17) is 9.97 Å². The van der Waals surface area contributed by atoms with Crippen molar-refractivity contribution in [2.75, 3.05) is 0 Å². The van der Waals surface area contributed by atoms with Crippen LogP contribution in [-0.2, 0) is 6.42 Å². The van der Waals surface area contributed by atoms with Crippen LogP contribution in [0.25, 0.3) is 60.8 Å². The number of para-hydroxylation sites is 1. The second-order valence-corrected chi connectivity index (χ2v) is 10.5. The number of benzene rings is 4. The van der Waals surface area contributed by atoms with Gasteiger partial charge in [0.15, 0.2) is 17.3 Å². The molecule has 1 unspecified atom stereocenters. The van der Waals surface area contributed by atoms with Gasteiger partial charge in [0.25, 0.3) is 0 Å². The van der Waals surface area contributed by atoms with Gasteiger partial charge in [-0.3, -0.25) is 4.57 Å². The Hall–Kier alpha value is -4.57. The highest BCUT2D eigenvalue weighted by atomic mass is 15.1. The largest absolute Gasteiger partial charge is 0.293 e. The molecule has 182 valence electrons. The predicted octanol–water partition coefficient (Wildman–Crippen LogP) is 8.38. The molecule has 0 spiro atoms. The molecule has 0 bridgehead atoms. The first-order valence-electron chi connectivity index (χ1n) is 13.4. The second kappa shape index (κ2) is 8.22. The lowest BCUT2D eigenvalue weighted by Crippen LogP contribution is -2.08. The Morgan fingerprint density at radius 2 is 1.58 bits per heavy atom. The third-order valence-corrected chi connectivity index (χ3v) is 8.22. The van der Waals surface area contributed by atoms with E-state index < -0.39 is 0 Å². The number of pyridine rings is 1. The van der Waals surface area contributed by atoms with Crippen LogP contribution in [0.4, 0.5) is 0 Å². The SMILES string of the molecule is CC1CCCc2cc3c(cc21)c1ccccc1n3-c1nc(-c2ccc3ccccc3c2)nc2ncccc12. The Morgan fingerprint density at radius 3 is 2.53 bits per heavy atom. The van der Waals surface area contributed by atoms with Crippen molar-refractivity contribution < 1.29 is 0 Å². The molecule has 0 amide bonds. The van der Waals surface area contributed by atoms with Crippen LogP contribution in [0.5, 0.6) is 0 Å². The van der Waals surface area contributed by atoms with Gasteiger partial charge in [-0.1, -0.05) is 61.5 Å². The number of rotatable bonds is 2. The van der Waals surface area contributed by atoms with Gasteiger partial charge in [-0.2, -0.15) is 0 Å². The molecule has 3 aromatic heterocycles. The summed E-state index contributed by atoms with van der Waals surface area (Å²) in [6, 6.07) is 32.4. The number of aromatic nitrogens is 4. The molecule has 1 atom stereocenters. The Balaban J connectivity index is 1.46. The van der Waals surface area contributed by atoms with E-state index >= 15 is 0 Å². The van der Waals surface area contributed by atoms with E-state index in [1.807, 2.05) is 12.3 Å². The van der Waals surface area contributed by atoms with Gasteiger partial charge in [0.05, 0.1) is 16.4 Å². The van der Waals surface area contributed by atoms with Crippen LogP contribution in [0, 0.1) is 0 Å². The van der Waals surface area contributed by atoms with Crippen molar-refractivity contribution in [3.63, 3.8) is 0 Å². The first-order chi connectivity index (χ1) is 18.7. The molecule has 4 nitrogen and oxygen atoms in total. The number of aryl methyl sites for hydroxylation is 1. The van der Waals surface area contributed by atoms with Crippen LogP contribution in [0.15, 0.2) is 97.2 Å². The van der Waals surface area contributed by atoms with Gasteiger partial charge >= 0.3 is 0 Å². The first kappa shape index (κ1) is 21.5. The second-order valence-electron chi connectivity index (χ2n) is 10.5. The maximum absolute atomic E-state index is 5.26. The summed E-state index contributed by atoms with van der Waals surface area (Å²) in [7, 11) is 0. The van der Waals surface area contributed by atoms with Gasteiger partial charge in [0, 0.05) is 22.5 Å². The topological polar surface area (TPSA) is 43.6 Å². The van der Waals surface area contributed by atoms with Gasteiger partial charge in [-0.05, 0) is 83.5 Å². The van der Waals surface area contributed by atoms with Crippen molar-refractivity contribution in [3.8, 4) is 17.2 Å². The zero-order valence-corrected chi connectivity index (χ0v) is 21.2. The third-order valence-electron chi connectivity index (χ3n) is 8.22. The summed E-state index contributed by atoms with van der Waals surface area (Å²) in [5.74, 6) is 2.16. The molecule has 1 aliphatic carbocycles. The summed E-state index contributed by atoms with van der Waals surface area (Å²) in [4.78, 5) is 14.9. The maximum Gasteiger partial charge on any atom is 0.165 e. The van der Waals surface area contributed by atoms with Crippen LogP contribution in [0.1, 0.15) is 36.8 Å². The number of fused-ring (bicyclic) bond motifs is 6. The molecular weight excluding hydrogens is 464 g/mol. The Bertz CT molecular complexity index is 2030. The van der Waals surface area contributed by atoms with Crippen molar-refractivity contribution in [2.45, 2.75) is 32.1 Å². The third kappa shape index (κ3) is 3.20. The summed E-state index contributed by atoms with van der Waals surface area (Å²) in [5, 5.41) is 5.87. The monoisotopic (exact) mass is 490 g/mol. The molecule has 0 saturated carbocycles. The average Bonchev–Trinajstić information content (AvgIpc) is 3.29. The molecule has 0 aliphatic heterocycles. The van der Waals surface area contributed by atoms with Gasteiger partial charge in [0.1, 0.15) is 0 Å². The predicted molar refractivity (Wildman–Crippen MR) is 156 cm³/mol.